The normalized spacial score (nSPS) is 14.6. The molecular weight excluding hydrogens is 296 g/mol. The molecular formula is C16H20N4OS. The lowest BCUT2D eigenvalue weighted by Crippen LogP contribution is -2.29. The van der Waals surface area contributed by atoms with Crippen molar-refractivity contribution in [3.63, 3.8) is 0 Å². The summed E-state index contributed by atoms with van der Waals surface area (Å²) in [4.78, 5) is 20.5. The molecule has 1 aliphatic heterocycles. The molecule has 0 unspecified atom stereocenters. The largest absolute Gasteiger partial charge is 0.326 e. The van der Waals surface area contributed by atoms with E-state index in [9.17, 15) is 4.79 Å². The maximum Gasteiger partial charge on any atom is 0.257 e. The van der Waals surface area contributed by atoms with Gasteiger partial charge in [0, 0.05) is 36.5 Å². The number of anilines is 1. The van der Waals surface area contributed by atoms with Gasteiger partial charge >= 0.3 is 0 Å². The van der Waals surface area contributed by atoms with E-state index in [0.717, 1.165) is 37.3 Å². The van der Waals surface area contributed by atoms with Crippen LogP contribution in [-0.4, -0.2) is 28.9 Å². The van der Waals surface area contributed by atoms with Gasteiger partial charge < -0.3 is 5.73 Å². The van der Waals surface area contributed by atoms with E-state index in [0.29, 0.717) is 17.2 Å². The third-order valence-electron chi connectivity index (χ3n) is 3.93. The minimum atomic E-state index is -0.123. The van der Waals surface area contributed by atoms with Crippen LogP contribution in [0.2, 0.25) is 0 Å². The van der Waals surface area contributed by atoms with Crippen molar-refractivity contribution in [2.24, 2.45) is 5.73 Å². The van der Waals surface area contributed by atoms with E-state index in [-0.39, 0.29) is 5.91 Å². The number of carbonyl (C=O) groups is 1. The van der Waals surface area contributed by atoms with Gasteiger partial charge in [0.25, 0.3) is 5.91 Å². The number of fused-ring (bicyclic) bond motifs is 1. The predicted molar refractivity (Wildman–Crippen MR) is 89.1 cm³/mol. The molecule has 5 nitrogen and oxygen atoms in total. The molecule has 1 aromatic carbocycles. The van der Waals surface area contributed by atoms with Crippen LogP contribution in [0.3, 0.4) is 0 Å². The number of nitrogens with one attached hydrogen (secondary N) is 1. The summed E-state index contributed by atoms with van der Waals surface area (Å²) >= 11 is 1.58. The fraction of sp³-hybridized carbons (Fsp3) is 0.375. The number of rotatable bonds is 4. The SMILES string of the molecule is CCN1CCc2nc(NC(=O)c3ccc(CN)cc3)sc2C1. The number of hydrogen-bond donors (Lipinski definition) is 2. The highest BCUT2D eigenvalue weighted by Gasteiger charge is 2.20. The molecule has 0 atom stereocenters. The lowest BCUT2D eigenvalue weighted by Gasteiger charge is -2.23. The van der Waals surface area contributed by atoms with E-state index < -0.39 is 0 Å². The van der Waals surface area contributed by atoms with Crippen LogP contribution in [0.25, 0.3) is 0 Å². The van der Waals surface area contributed by atoms with E-state index in [1.54, 1.807) is 23.5 Å². The average molecular weight is 316 g/mol. The fourth-order valence-electron chi connectivity index (χ4n) is 2.53. The maximum absolute atomic E-state index is 12.3. The summed E-state index contributed by atoms with van der Waals surface area (Å²) in [5.41, 5.74) is 8.33. The summed E-state index contributed by atoms with van der Waals surface area (Å²) in [5, 5.41) is 3.60. The van der Waals surface area contributed by atoms with Gasteiger partial charge in [-0.1, -0.05) is 19.1 Å². The highest BCUT2D eigenvalue weighted by atomic mass is 32.1. The monoisotopic (exact) mass is 316 g/mol. The lowest BCUT2D eigenvalue weighted by atomic mass is 10.1. The molecule has 2 aromatic rings. The van der Waals surface area contributed by atoms with Crippen molar-refractivity contribution >= 4 is 22.4 Å². The third kappa shape index (κ3) is 3.19. The third-order valence-corrected chi connectivity index (χ3v) is 4.93. The molecule has 0 fully saturated rings. The van der Waals surface area contributed by atoms with Crippen LogP contribution in [0, 0.1) is 0 Å². The van der Waals surface area contributed by atoms with Gasteiger partial charge in [0.1, 0.15) is 0 Å². The van der Waals surface area contributed by atoms with Gasteiger partial charge in [-0.25, -0.2) is 4.98 Å². The van der Waals surface area contributed by atoms with E-state index in [4.69, 9.17) is 5.73 Å². The molecule has 0 aliphatic carbocycles. The van der Waals surface area contributed by atoms with Crippen molar-refractivity contribution in [1.29, 1.82) is 0 Å². The topological polar surface area (TPSA) is 71.2 Å². The van der Waals surface area contributed by atoms with Crippen LogP contribution < -0.4 is 11.1 Å². The Bertz CT molecular complexity index is 665. The van der Waals surface area contributed by atoms with E-state index in [1.165, 1.54) is 4.88 Å². The molecule has 3 N–H and O–H groups in total. The molecule has 0 radical (unpaired) electrons. The quantitative estimate of drug-likeness (QED) is 0.907. The number of thiazole rings is 1. The summed E-state index contributed by atoms with van der Waals surface area (Å²) in [6, 6.07) is 7.34. The Hall–Kier alpha value is -1.76. The Labute approximate surface area is 134 Å². The van der Waals surface area contributed by atoms with Gasteiger partial charge in [-0.05, 0) is 24.2 Å². The van der Waals surface area contributed by atoms with Gasteiger partial charge in [-0.15, -0.1) is 11.3 Å². The van der Waals surface area contributed by atoms with Crippen molar-refractivity contribution in [2.75, 3.05) is 18.4 Å². The summed E-state index contributed by atoms with van der Waals surface area (Å²) in [5.74, 6) is -0.123. The molecule has 0 bridgehead atoms. The second-order valence-corrected chi connectivity index (χ2v) is 6.45. The fourth-order valence-corrected chi connectivity index (χ4v) is 3.58. The molecule has 2 heterocycles. The summed E-state index contributed by atoms with van der Waals surface area (Å²) in [7, 11) is 0. The first-order valence-electron chi connectivity index (χ1n) is 7.51. The number of amides is 1. The average Bonchev–Trinajstić information content (AvgIpc) is 2.95. The van der Waals surface area contributed by atoms with Crippen LogP contribution in [0.5, 0.6) is 0 Å². The van der Waals surface area contributed by atoms with E-state index >= 15 is 0 Å². The van der Waals surface area contributed by atoms with Crippen LogP contribution in [0.1, 0.15) is 33.4 Å². The molecule has 1 aliphatic rings. The Morgan fingerprint density at radius 3 is 2.86 bits per heavy atom. The van der Waals surface area contributed by atoms with Gasteiger partial charge in [0.2, 0.25) is 0 Å². The van der Waals surface area contributed by atoms with Crippen molar-refractivity contribution in [2.45, 2.75) is 26.4 Å². The van der Waals surface area contributed by atoms with Gasteiger partial charge in [-0.2, -0.15) is 0 Å². The van der Waals surface area contributed by atoms with Gasteiger partial charge in [0.15, 0.2) is 5.13 Å². The Balaban J connectivity index is 1.70. The first kappa shape index (κ1) is 15.1. The molecule has 0 saturated heterocycles. The number of benzene rings is 1. The van der Waals surface area contributed by atoms with Crippen LogP contribution in [-0.2, 0) is 19.5 Å². The van der Waals surface area contributed by atoms with Crippen LogP contribution >= 0.6 is 11.3 Å². The minimum Gasteiger partial charge on any atom is -0.326 e. The number of likely N-dealkylation sites (N-methyl/N-ethyl adjacent to an activating group) is 1. The highest BCUT2D eigenvalue weighted by Crippen LogP contribution is 2.28. The van der Waals surface area contributed by atoms with Crippen LogP contribution in [0.15, 0.2) is 24.3 Å². The van der Waals surface area contributed by atoms with E-state index in [2.05, 4.69) is 22.1 Å². The summed E-state index contributed by atoms with van der Waals surface area (Å²) in [6.07, 6.45) is 0.959. The Morgan fingerprint density at radius 1 is 1.41 bits per heavy atom. The summed E-state index contributed by atoms with van der Waals surface area (Å²) < 4.78 is 0. The zero-order chi connectivity index (χ0) is 15.5. The van der Waals surface area contributed by atoms with E-state index in [1.807, 2.05) is 12.1 Å². The predicted octanol–water partition coefficient (Wildman–Crippen LogP) is 2.23. The molecule has 1 amide bonds. The second kappa shape index (κ2) is 6.56. The molecule has 6 heteroatoms. The second-order valence-electron chi connectivity index (χ2n) is 5.36. The molecule has 3 rings (SSSR count). The zero-order valence-electron chi connectivity index (χ0n) is 12.6. The summed E-state index contributed by atoms with van der Waals surface area (Å²) in [6.45, 7) is 5.67. The molecule has 1 aromatic heterocycles. The maximum atomic E-state index is 12.3. The van der Waals surface area contributed by atoms with Crippen LogP contribution in [0.4, 0.5) is 5.13 Å². The lowest BCUT2D eigenvalue weighted by molar-refractivity contribution is 0.102. The molecule has 0 saturated carbocycles. The Morgan fingerprint density at radius 2 is 2.18 bits per heavy atom. The highest BCUT2D eigenvalue weighted by molar-refractivity contribution is 7.15. The first-order chi connectivity index (χ1) is 10.7. The van der Waals surface area contributed by atoms with Crippen molar-refractivity contribution in [3.8, 4) is 0 Å². The number of carbonyl (C=O) groups excluding carboxylic acids is 1. The Kier molecular flexibility index (Phi) is 4.52. The number of nitrogens with zero attached hydrogens (tertiary/aromatic N) is 2. The first-order valence-corrected chi connectivity index (χ1v) is 8.32. The number of hydrogen-bond acceptors (Lipinski definition) is 5. The molecule has 0 spiro atoms. The van der Waals surface area contributed by atoms with Crippen molar-refractivity contribution in [1.82, 2.24) is 9.88 Å². The zero-order valence-corrected chi connectivity index (χ0v) is 13.4. The standard InChI is InChI=1S/C16H20N4OS/c1-2-20-8-7-13-14(10-20)22-16(18-13)19-15(21)12-5-3-11(9-17)4-6-12/h3-6H,2,7-10,17H2,1H3,(H,18,19,21). The smallest absolute Gasteiger partial charge is 0.257 e. The van der Waals surface area contributed by atoms with Crippen molar-refractivity contribution in [3.05, 3.63) is 46.0 Å². The molecule has 22 heavy (non-hydrogen) atoms. The van der Waals surface area contributed by atoms with Gasteiger partial charge in [-0.3, -0.25) is 15.0 Å². The van der Waals surface area contributed by atoms with Gasteiger partial charge in [0.05, 0.1) is 5.69 Å². The number of nitrogens with two attached hydrogens (primary N) is 1. The minimum absolute atomic E-state index is 0.123. The van der Waals surface area contributed by atoms with Crippen molar-refractivity contribution < 1.29 is 4.79 Å². The number of aromatic nitrogens is 1. The molecule has 116 valence electrons.